The van der Waals surface area contributed by atoms with Crippen molar-refractivity contribution in [1.82, 2.24) is 9.80 Å². The van der Waals surface area contributed by atoms with Crippen LogP contribution in [0.25, 0.3) is 0 Å². The van der Waals surface area contributed by atoms with Crippen molar-refractivity contribution in [3.63, 3.8) is 0 Å². The second kappa shape index (κ2) is 6.73. The maximum Gasteiger partial charge on any atom is 0.245 e. The number of nitrogens with zero attached hydrogens (tertiary/aromatic N) is 2. The van der Waals surface area contributed by atoms with E-state index in [0.717, 1.165) is 17.9 Å². The standard InChI is InChI=1S/C19H26N2O2/c1-14-3-5-17(6-4-14)13-20-11-12-21(15(2)19(20)23)18(22)10-9-16-7-8-16/h3-6,15-16H,7-13H2,1-2H3. The number of carbonyl (C=O) groups excluding carboxylic acids is 2. The molecule has 1 saturated heterocycles. The lowest BCUT2D eigenvalue weighted by Gasteiger charge is -2.39. The zero-order valence-corrected chi connectivity index (χ0v) is 14.1. The minimum atomic E-state index is -0.332. The number of piperazine rings is 1. The van der Waals surface area contributed by atoms with Crippen molar-refractivity contribution >= 4 is 11.8 Å². The third kappa shape index (κ3) is 3.92. The predicted molar refractivity (Wildman–Crippen MR) is 89.7 cm³/mol. The summed E-state index contributed by atoms with van der Waals surface area (Å²) >= 11 is 0. The Morgan fingerprint density at radius 3 is 2.52 bits per heavy atom. The minimum absolute atomic E-state index is 0.0663. The highest BCUT2D eigenvalue weighted by Crippen LogP contribution is 2.33. The van der Waals surface area contributed by atoms with E-state index >= 15 is 0 Å². The van der Waals surface area contributed by atoms with Crippen LogP contribution in [-0.2, 0) is 16.1 Å². The van der Waals surface area contributed by atoms with Crippen LogP contribution in [0.5, 0.6) is 0 Å². The highest BCUT2D eigenvalue weighted by Gasteiger charge is 2.34. The molecule has 0 bridgehead atoms. The first-order valence-electron chi connectivity index (χ1n) is 8.68. The molecule has 1 aromatic carbocycles. The van der Waals surface area contributed by atoms with Crippen LogP contribution in [0, 0.1) is 12.8 Å². The Bertz CT molecular complexity index is 578. The van der Waals surface area contributed by atoms with E-state index in [1.54, 1.807) is 4.90 Å². The van der Waals surface area contributed by atoms with Gasteiger partial charge in [0.05, 0.1) is 0 Å². The second-order valence-electron chi connectivity index (χ2n) is 6.99. The third-order valence-electron chi connectivity index (χ3n) is 5.03. The van der Waals surface area contributed by atoms with Gasteiger partial charge in [0.25, 0.3) is 0 Å². The summed E-state index contributed by atoms with van der Waals surface area (Å²) in [6.45, 7) is 5.84. The summed E-state index contributed by atoms with van der Waals surface area (Å²) in [7, 11) is 0. The van der Waals surface area contributed by atoms with Crippen molar-refractivity contribution in [2.75, 3.05) is 13.1 Å². The molecule has 4 nitrogen and oxygen atoms in total. The van der Waals surface area contributed by atoms with Crippen LogP contribution in [0.4, 0.5) is 0 Å². The van der Waals surface area contributed by atoms with E-state index in [-0.39, 0.29) is 17.9 Å². The van der Waals surface area contributed by atoms with Gasteiger partial charge in [0.15, 0.2) is 0 Å². The van der Waals surface area contributed by atoms with Crippen molar-refractivity contribution in [1.29, 1.82) is 0 Å². The molecule has 0 N–H and O–H groups in total. The predicted octanol–water partition coefficient (Wildman–Crippen LogP) is 2.74. The normalized spacial score (nSPS) is 21.7. The Labute approximate surface area is 138 Å². The molecular formula is C19H26N2O2. The third-order valence-corrected chi connectivity index (χ3v) is 5.03. The first-order chi connectivity index (χ1) is 11.0. The van der Waals surface area contributed by atoms with Gasteiger partial charge < -0.3 is 9.80 Å². The van der Waals surface area contributed by atoms with Crippen LogP contribution in [0.1, 0.15) is 43.7 Å². The molecule has 0 radical (unpaired) electrons. The van der Waals surface area contributed by atoms with Gasteiger partial charge in [0, 0.05) is 26.1 Å². The summed E-state index contributed by atoms with van der Waals surface area (Å²) in [5, 5.41) is 0. The maximum absolute atomic E-state index is 12.6. The number of hydrogen-bond acceptors (Lipinski definition) is 2. The summed E-state index contributed by atoms with van der Waals surface area (Å²) < 4.78 is 0. The van der Waals surface area contributed by atoms with Gasteiger partial charge >= 0.3 is 0 Å². The largest absolute Gasteiger partial charge is 0.335 e. The Kier molecular flexibility index (Phi) is 4.69. The summed E-state index contributed by atoms with van der Waals surface area (Å²) in [6.07, 6.45) is 4.13. The van der Waals surface area contributed by atoms with E-state index in [9.17, 15) is 9.59 Å². The minimum Gasteiger partial charge on any atom is -0.335 e. The quantitative estimate of drug-likeness (QED) is 0.838. The molecule has 1 heterocycles. The fourth-order valence-corrected chi connectivity index (χ4v) is 3.22. The highest BCUT2D eigenvalue weighted by molar-refractivity contribution is 5.88. The molecule has 2 aliphatic rings. The molecule has 2 amide bonds. The monoisotopic (exact) mass is 314 g/mol. The molecule has 2 fully saturated rings. The van der Waals surface area contributed by atoms with E-state index in [0.29, 0.717) is 26.1 Å². The summed E-state index contributed by atoms with van der Waals surface area (Å²) in [5.41, 5.74) is 2.36. The average Bonchev–Trinajstić information content (AvgIpc) is 3.36. The molecule has 1 aromatic rings. The molecule has 1 unspecified atom stereocenters. The Morgan fingerprint density at radius 1 is 1.17 bits per heavy atom. The molecule has 4 heteroatoms. The molecule has 23 heavy (non-hydrogen) atoms. The zero-order chi connectivity index (χ0) is 16.4. The number of amides is 2. The number of hydrogen-bond donors (Lipinski definition) is 0. The summed E-state index contributed by atoms with van der Waals surface area (Å²) in [6, 6.07) is 7.95. The molecule has 124 valence electrons. The molecule has 3 rings (SSSR count). The first-order valence-corrected chi connectivity index (χ1v) is 8.68. The van der Waals surface area contributed by atoms with Crippen molar-refractivity contribution in [3.8, 4) is 0 Å². The lowest BCUT2D eigenvalue weighted by atomic mass is 10.1. The first kappa shape index (κ1) is 16.0. The zero-order valence-electron chi connectivity index (χ0n) is 14.1. The van der Waals surface area contributed by atoms with Gasteiger partial charge in [0.2, 0.25) is 11.8 Å². The topological polar surface area (TPSA) is 40.6 Å². The van der Waals surface area contributed by atoms with Crippen molar-refractivity contribution in [3.05, 3.63) is 35.4 Å². The number of benzene rings is 1. The maximum atomic E-state index is 12.6. The lowest BCUT2D eigenvalue weighted by molar-refractivity contribution is -0.151. The Morgan fingerprint density at radius 2 is 1.87 bits per heavy atom. The van der Waals surface area contributed by atoms with Gasteiger partial charge in [0.1, 0.15) is 6.04 Å². The fraction of sp³-hybridized carbons (Fsp3) is 0.579. The highest BCUT2D eigenvalue weighted by atomic mass is 16.2. The molecule has 0 spiro atoms. The van der Waals surface area contributed by atoms with Gasteiger partial charge in [-0.15, -0.1) is 0 Å². The van der Waals surface area contributed by atoms with Gasteiger partial charge in [-0.05, 0) is 31.7 Å². The SMILES string of the molecule is Cc1ccc(CN2CCN(C(=O)CCC3CC3)C(C)C2=O)cc1. The summed E-state index contributed by atoms with van der Waals surface area (Å²) in [4.78, 5) is 28.6. The molecule has 0 aromatic heterocycles. The van der Waals surface area contributed by atoms with Gasteiger partial charge in [-0.1, -0.05) is 42.7 Å². The summed E-state index contributed by atoms with van der Waals surface area (Å²) in [5.74, 6) is 0.970. The van der Waals surface area contributed by atoms with Crippen molar-refractivity contribution < 1.29 is 9.59 Å². The van der Waals surface area contributed by atoms with E-state index in [4.69, 9.17) is 0 Å². The van der Waals surface area contributed by atoms with Gasteiger partial charge in [-0.25, -0.2) is 0 Å². The van der Waals surface area contributed by atoms with Crippen LogP contribution >= 0.6 is 0 Å². The van der Waals surface area contributed by atoms with Crippen LogP contribution in [0.15, 0.2) is 24.3 Å². The van der Waals surface area contributed by atoms with E-state index in [2.05, 4.69) is 31.2 Å². The number of carbonyl (C=O) groups is 2. The van der Waals surface area contributed by atoms with Crippen LogP contribution < -0.4 is 0 Å². The lowest BCUT2D eigenvalue weighted by Crippen LogP contribution is -2.57. The van der Waals surface area contributed by atoms with Crippen molar-refractivity contribution in [2.45, 2.75) is 52.1 Å². The molecule has 1 atom stereocenters. The van der Waals surface area contributed by atoms with Crippen LogP contribution in [-0.4, -0.2) is 40.7 Å². The van der Waals surface area contributed by atoms with E-state index in [1.165, 1.54) is 18.4 Å². The Balaban J connectivity index is 1.56. The van der Waals surface area contributed by atoms with Gasteiger partial charge in [-0.2, -0.15) is 0 Å². The van der Waals surface area contributed by atoms with Crippen LogP contribution in [0.3, 0.4) is 0 Å². The van der Waals surface area contributed by atoms with E-state index in [1.807, 2.05) is 11.8 Å². The molecule has 1 saturated carbocycles. The molecule has 1 aliphatic heterocycles. The van der Waals surface area contributed by atoms with Gasteiger partial charge in [-0.3, -0.25) is 9.59 Å². The number of rotatable bonds is 5. The van der Waals surface area contributed by atoms with Crippen molar-refractivity contribution in [2.24, 2.45) is 5.92 Å². The number of aryl methyl sites for hydroxylation is 1. The van der Waals surface area contributed by atoms with E-state index < -0.39 is 0 Å². The Hall–Kier alpha value is -1.84. The molecule has 1 aliphatic carbocycles. The average molecular weight is 314 g/mol. The fourth-order valence-electron chi connectivity index (χ4n) is 3.22. The smallest absolute Gasteiger partial charge is 0.245 e. The van der Waals surface area contributed by atoms with Crippen LogP contribution in [0.2, 0.25) is 0 Å². The second-order valence-corrected chi connectivity index (χ2v) is 6.99. The molecular weight excluding hydrogens is 288 g/mol.